The molecule has 0 unspecified atom stereocenters. The summed E-state index contributed by atoms with van der Waals surface area (Å²) in [6, 6.07) is 5.45. The Kier molecular flexibility index (Phi) is 1.88. The molecule has 1 saturated heterocycles. The van der Waals surface area contributed by atoms with Crippen molar-refractivity contribution in [3.05, 3.63) is 23.8 Å². The summed E-state index contributed by atoms with van der Waals surface area (Å²) in [7, 11) is 0. The second-order valence-electron chi connectivity index (χ2n) is 3.59. The Morgan fingerprint density at radius 2 is 2.00 bits per heavy atom. The van der Waals surface area contributed by atoms with Gasteiger partial charge in [0.2, 0.25) is 0 Å². The highest BCUT2D eigenvalue weighted by Crippen LogP contribution is 2.26. The van der Waals surface area contributed by atoms with Crippen molar-refractivity contribution in [1.29, 1.82) is 0 Å². The van der Waals surface area contributed by atoms with Crippen LogP contribution in [0.25, 0.3) is 0 Å². The number of hydrogen-bond acceptors (Lipinski definition) is 3. The molecule has 0 amide bonds. The van der Waals surface area contributed by atoms with E-state index in [1.165, 1.54) is 0 Å². The van der Waals surface area contributed by atoms with Gasteiger partial charge in [-0.15, -0.1) is 0 Å². The molecule has 2 rings (SSSR count). The molecule has 1 aliphatic rings. The molecule has 0 saturated carbocycles. The highest BCUT2D eigenvalue weighted by molar-refractivity contribution is 5.54. The summed E-state index contributed by atoms with van der Waals surface area (Å²) in [4.78, 5) is 2.04. The Labute approximate surface area is 77.2 Å². The number of aliphatic hydroxyl groups excluding tert-OH is 1. The zero-order chi connectivity index (χ0) is 9.42. The first-order chi connectivity index (χ1) is 6.15. The molecule has 13 heavy (non-hydrogen) atoms. The summed E-state index contributed by atoms with van der Waals surface area (Å²) in [5.41, 5.74) is 2.03. The minimum absolute atomic E-state index is 0.206. The first kappa shape index (κ1) is 8.38. The number of hydrogen-bond donors (Lipinski definition) is 2. The molecule has 70 valence electrons. The van der Waals surface area contributed by atoms with Gasteiger partial charge in [0, 0.05) is 24.8 Å². The van der Waals surface area contributed by atoms with Crippen molar-refractivity contribution in [2.45, 2.75) is 13.0 Å². The van der Waals surface area contributed by atoms with E-state index in [0.717, 1.165) is 11.3 Å². The standard InChI is InChI=1S/C10H13NO2/c1-7-2-8(4-9(12)3-7)11-5-10(13)6-11/h2-4,10,12-13H,5-6H2,1H3. The van der Waals surface area contributed by atoms with Crippen LogP contribution in [0.5, 0.6) is 5.75 Å². The molecule has 1 heterocycles. The van der Waals surface area contributed by atoms with Gasteiger partial charge in [-0.2, -0.15) is 0 Å². The lowest BCUT2D eigenvalue weighted by Gasteiger charge is -2.38. The normalized spacial score (nSPS) is 17.2. The van der Waals surface area contributed by atoms with E-state index >= 15 is 0 Å². The number of rotatable bonds is 1. The molecule has 0 bridgehead atoms. The van der Waals surface area contributed by atoms with E-state index in [9.17, 15) is 5.11 Å². The number of nitrogens with zero attached hydrogens (tertiary/aromatic N) is 1. The summed E-state index contributed by atoms with van der Waals surface area (Å²) in [5, 5.41) is 18.5. The van der Waals surface area contributed by atoms with Crippen molar-refractivity contribution in [2.75, 3.05) is 18.0 Å². The highest BCUT2D eigenvalue weighted by atomic mass is 16.3. The van der Waals surface area contributed by atoms with E-state index in [0.29, 0.717) is 13.1 Å². The highest BCUT2D eigenvalue weighted by Gasteiger charge is 2.24. The van der Waals surface area contributed by atoms with Crippen LogP contribution in [0.4, 0.5) is 5.69 Å². The maximum Gasteiger partial charge on any atom is 0.117 e. The van der Waals surface area contributed by atoms with Gasteiger partial charge >= 0.3 is 0 Å². The van der Waals surface area contributed by atoms with Crippen LogP contribution in [0.1, 0.15) is 5.56 Å². The van der Waals surface area contributed by atoms with E-state index in [-0.39, 0.29) is 11.9 Å². The average molecular weight is 179 g/mol. The second-order valence-corrected chi connectivity index (χ2v) is 3.59. The van der Waals surface area contributed by atoms with Gasteiger partial charge in [-0.1, -0.05) is 0 Å². The van der Waals surface area contributed by atoms with Crippen molar-refractivity contribution in [3.63, 3.8) is 0 Å². The average Bonchev–Trinajstić information content (AvgIpc) is 1.96. The smallest absolute Gasteiger partial charge is 0.117 e. The number of β-amino-alcohol motifs (C(OH)–C–C–N with tert-alkyl or cyclic N) is 1. The Hall–Kier alpha value is -1.22. The van der Waals surface area contributed by atoms with Gasteiger partial charge in [0.15, 0.2) is 0 Å². The molecule has 0 spiro atoms. The van der Waals surface area contributed by atoms with Crippen LogP contribution in [0.15, 0.2) is 18.2 Å². The number of aliphatic hydroxyl groups is 1. The molecule has 2 N–H and O–H groups in total. The predicted octanol–water partition coefficient (Wildman–Crippen LogP) is 0.882. The molecule has 0 atom stereocenters. The number of aromatic hydroxyl groups is 1. The Morgan fingerprint density at radius 3 is 2.54 bits per heavy atom. The van der Waals surface area contributed by atoms with Gasteiger partial charge in [0.25, 0.3) is 0 Å². The number of phenols is 1. The summed E-state index contributed by atoms with van der Waals surface area (Å²) >= 11 is 0. The summed E-state index contributed by atoms with van der Waals surface area (Å²) in [5.74, 6) is 0.288. The van der Waals surface area contributed by atoms with E-state index in [1.54, 1.807) is 12.1 Å². The molecular formula is C10H13NO2. The molecular weight excluding hydrogens is 166 g/mol. The van der Waals surface area contributed by atoms with Crippen molar-refractivity contribution in [2.24, 2.45) is 0 Å². The van der Waals surface area contributed by atoms with Gasteiger partial charge in [0.1, 0.15) is 5.75 Å². The van der Waals surface area contributed by atoms with Crippen molar-refractivity contribution in [1.82, 2.24) is 0 Å². The first-order valence-electron chi connectivity index (χ1n) is 4.39. The molecule has 1 aromatic rings. The summed E-state index contributed by atoms with van der Waals surface area (Å²) in [6.45, 7) is 3.28. The lowest BCUT2D eigenvalue weighted by molar-refractivity contribution is 0.142. The molecule has 1 aliphatic heterocycles. The van der Waals surface area contributed by atoms with Crippen LogP contribution in [0.2, 0.25) is 0 Å². The van der Waals surface area contributed by atoms with Gasteiger partial charge in [0.05, 0.1) is 6.10 Å². The fourth-order valence-corrected chi connectivity index (χ4v) is 1.59. The summed E-state index contributed by atoms with van der Waals surface area (Å²) < 4.78 is 0. The lowest BCUT2D eigenvalue weighted by Crippen LogP contribution is -2.50. The zero-order valence-electron chi connectivity index (χ0n) is 7.57. The van der Waals surface area contributed by atoms with Crippen LogP contribution in [0.3, 0.4) is 0 Å². The quantitative estimate of drug-likeness (QED) is 0.672. The molecule has 3 heteroatoms. The monoisotopic (exact) mass is 179 g/mol. The number of benzene rings is 1. The van der Waals surface area contributed by atoms with Crippen LogP contribution in [0, 0.1) is 6.92 Å². The second kappa shape index (κ2) is 2.92. The molecule has 1 fully saturated rings. The maximum atomic E-state index is 9.34. The van der Waals surface area contributed by atoms with Crippen molar-refractivity contribution >= 4 is 5.69 Å². The SMILES string of the molecule is Cc1cc(O)cc(N2CC(O)C2)c1. The van der Waals surface area contributed by atoms with Crippen LogP contribution < -0.4 is 4.90 Å². The number of anilines is 1. The Morgan fingerprint density at radius 1 is 1.31 bits per heavy atom. The summed E-state index contributed by atoms with van der Waals surface area (Å²) in [6.07, 6.45) is -0.206. The maximum absolute atomic E-state index is 9.34. The zero-order valence-corrected chi connectivity index (χ0v) is 7.57. The third-order valence-electron chi connectivity index (χ3n) is 2.27. The molecule has 0 aromatic heterocycles. The molecule has 3 nitrogen and oxygen atoms in total. The minimum Gasteiger partial charge on any atom is -0.508 e. The topological polar surface area (TPSA) is 43.7 Å². The van der Waals surface area contributed by atoms with E-state index in [4.69, 9.17) is 5.11 Å². The van der Waals surface area contributed by atoms with E-state index < -0.39 is 0 Å². The minimum atomic E-state index is -0.206. The Bertz CT molecular complexity index is 298. The van der Waals surface area contributed by atoms with Gasteiger partial charge in [-0.05, 0) is 24.6 Å². The molecule has 0 aliphatic carbocycles. The lowest BCUT2D eigenvalue weighted by atomic mass is 10.1. The number of aryl methyl sites for hydroxylation is 1. The van der Waals surface area contributed by atoms with E-state index in [1.807, 2.05) is 17.9 Å². The van der Waals surface area contributed by atoms with Gasteiger partial charge in [-0.25, -0.2) is 0 Å². The third kappa shape index (κ3) is 1.60. The molecule has 0 radical (unpaired) electrons. The third-order valence-corrected chi connectivity index (χ3v) is 2.27. The van der Waals surface area contributed by atoms with Crippen molar-refractivity contribution < 1.29 is 10.2 Å². The Balaban J connectivity index is 2.21. The van der Waals surface area contributed by atoms with E-state index in [2.05, 4.69) is 0 Å². The fraction of sp³-hybridized carbons (Fsp3) is 0.400. The molecule has 1 aromatic carbocycles. The fourth-order valence-electron chi connectivity index (χ4n) is 1.59. The number of phenolic OH excluding ortho intramolecular Hbond substituents is 1. The predicted molar refractivity (Wildman–Crippen MR) is 51.1 cm³/mol. The van der Waals surface area contributed by atoms with Crippen LogP contribution in [-0.2, 0) is 0 Å². The first-order valence-corrected chi connectivity index (χ1v) is 4.39. The van der Waals surface area contributed by atoms with Crippen LogP contribution >= 0.6 is 0 Å². The van der Waals surface area contributed by atoms with Crippen molar-refractivity contribution in [3.8, 4) is 5.75 Å². The van der Waals surface area contributed by atoms with Gasteiger partial charge in [-0.3, -0.25) is 0 Å². The van der Waals surface area contributed by atoms with Crippen LogP contribution in [-0.4, -0.2) is 29.4 Å². The largest absolute Gasteiger partial charge is 0.508 e. The van der Waals surface area contributed by atoms with Gasteiger partial charge < -0.3 is 15.1 Å².